The molecule has 0 heterocycles. The fourth-order valence-electron chi connectivity index (χ4n) is 3.43. The van der Waals surface area contributed by atoms with Gasteiger partial charge in [0.2, 0.25) is 0 Å². The molecule has 100 valence electrons. The molecule has 0 aliphatic heterocycles. The van der Waals surface area contributed by atoms with E-state index in [4.69, 9.17) is 17.2 Å². The molecule has 0 aromatic carbocycles. The van der Waals surface area contributed by atoms with Crippen molar-refractivity contribution < 1.29 is 0 Å². The molecule has 4 heteroatoms. The van der Waals surface area contributed by atoms with E-state index in [-0.39, 0.29) is 11.7 Å². The van der Waals surface area contributed by atoms with Crippen molar-refractivity contribution in [1.82, 2.24) is 5.32 Å². The van der Waals surface area contributed by atoms with Crippen LogP contribution in [0.4, 0.5) is 0 Å². The Morgan fingerprint density at radius 2 is 1.76 bits per heavy atom. The maximum atomic E-state index is 6.47. The van der Waals surface area contributed by atoms with Crippen molar-refractivity contribution in [2.75, 3.05) is 6.54 Å². The molecule has 0 aromatic heterocycles. The zero-order chi connectivity index (χ0) is 12.3. The Kier molecular flexibility index (Phi) is 4.42. The molecule has 17 heavy (non-hydrogen) atoms. The second-order valence-corrected chi connectivity index (χ2v) is 5.92. The van der Waals surface area contributed by atoms with Gasteiger partial charge >= 0.3 is 0 Å². The lowest BCUT2D eigenvalue weighted by atomic mass is 9.80. The molecule has 4 nitrogen and oxygen atoms in total. The predicted molar refractivity (Wildman–Crippen MR) is 71.3 cm³/mol. The molecule has 0 saturated heterocycles. The summed E-state index contributed by atoms with van der Waals surface area (Å²) in [6.07, 6.45) is 9.49. The van der Waals surface area contributed by atoms with Crippen LogP contribution in [-0.4, -0.2) is 24.3 Å². The number of nitrogens with one attached hydrogen (secondary N) is 1. The van der Waals surface area contributed by atoms with E-state index < -0.39 is 0 Å². The first kappa shape index (κ1) is 13.3. The van der Waals surface area contributed by atoms with Crippen molar-refractivity contribution in [3.63, 3.8) is 0 Å². The van der Waals surface area contributed by atoms with Gasteiger partial charge in [0.15, 0.2) is 0 Å². The van der Waals surface area contributed by atoms with Gasteiger partial charge < -0.3 is 17.2 Å². The molecule has 0 radical (unpaired) electrons. The predicted octanol–water partition coefficient (Wildman–Crippen LogP) is 0.650. The van der Waals surface area contributed by atoms with Gasteiger partial charge in [0.25, 0.3) is 0 Å². The molecule has 0 aromatic rings. The minimum Gasteiger partial charge on any atom is -0.330 e. The topological polar surface area (TPSA) is 90.1 Å². The van der Waals surface area contributed by atoms with E-state index in [1.807, 2.05) is 0 Å². The van der Waals surface area contributed by atoms with Crippen LogP contribution in [0.25, 0.3) is 0 Å². The van der Waals surface area contributed by atoms with Crippen LogP contribution in [0, 0.1) is 5.92 Å². The Hall–Kier alpha value is -0.160. The molecule has 4 unspecified atom stereocenters. The molecule has 0 spiro atoms. The molecule has 0 amide bonds. The van der Waals surface area contributed by atoms with E-state index in [9.17, 15) is 0 Å². The summed E-state index contributed by atoms with van der Waals surface area (Å²) in [5.74, 6) is 0.582. The molecule has 2 saturated carbocycles. The summed E-state index contributed by atoms with van der Waals surface area (Å²) < 4.78 is 0. The smallest absolute Gasteiger partial charge is 0.0819 e. The molecule has 2 rings (SSSR count). The van der Waals surface area contributed by atoms with Gasteiger partial charge in [-0.15, -0.1) is 0 Å². The summed E-state index contributed by atoms with van der Waals surface area (Å²) >= 11 is 0. The highest BCUT2D eigenvalue weighted by atomic mass is 15.2. The molecule has 7 N–H and O–H groups in total. The first-order valence-corrected chi connectivity index (χ1v) is 7.18. The molecule has 2 aliphatic carbocycles. The zero-order valence-corrected chi connectivity index (χ0v) is 10.8. The monoisotopic (exact) mass is 240 g/mol. The molecule has 2 aliphatic rings. The van der Waals surface area contributed by atoms with Crippen molar-refractivity contribution in [2.45, 2.75) is 69.1 Å². The first-order chi connectivity index (χ1) is 8.15. The first-order valence-electron chi connectivity index (χ1n) is 7.18. The maximum Gasteiger partial charge on any atom is 0.0819 e. The van der Waals surface area contributed by atoms with Crippen LogP contribution >= 0.6 is 0 Å². The summed E-state index contributed by atoms with van der Waals surface area (Å²) in [7, 11) is 0. The Balaban J connectivity index is 1.97. The summed E-state index contributed by atoms with van der Waals surface area (Å²) in [5, 5.41) is 3.66. The Bertz CT molecular complexity index is 246. The van der Waals surface area contributed by atoms with E-state index in [1.165, 1.54) is 38.5 Å². The fraction of sp³-hybridized carbons (Fsp3) is 1.00. The summed E-state index contributed by atoms with van der Waals surface area (Å²) in [5.41, 5.74) is 18.2. The van der Waals surface area contributed by atoms with Crippen molar-refractivity contribution in [3.8, 4) is 0 Å². The van der Waals surface area contributed by atoms with Crippen LogP contribution in [0.15, 0.2) is 0 Å². The van der Waals surface area contributed by atoms with Crippen molar-refractivity contribution in [2.24, 2.45) is 23.1 Å². The minimum atomic E-state index is -0.353. The highest BCUT2D eigenvalue weighted by molar-refractivity contribution is 4.98. The van der Waals surface area contributed by atoms with Crippen LogP contribution in [0.5, 0.6) is 0 Å². The quantitative estimate of drug-likeness (QED) is 0.545. The molecular weight excluding hydrogens is 212 g/mol. The van der Waals surface area contributed by atoms with Crippen LogP contribution in [-0.2, 0) is 0 Å². The van der Waals surface area contributed by atoms with Crippen molar-refractivity contribution in [3.05, 3.63) is 0 Å². The van der Waals surface area contributed by atoms with E-state index in [1.54, 1.807) is 0 Å². The van der Waals surface area contributed by atoms with Crippen LogP contribution in [0.2, 0.25) is 0 Å². The summed E-state index contributed by atoms with van der Waals surface area (Å²) in [6, 6.07) is 0.569. The van der Waals surface area contributed by atoms with Gasteiger partial charge in [-0.05, 0) is 38.1 Å². The summed E-state index contributed by atoms with van der Waals surface area (Å²) in [6.45, 7) is 0.767. The van der Waals surface area contributed by atoms with Crippen molar-refractivity contribution >= 4 is 0 Å². The second-order valence-electron chi connectivity index (χ2n) is 5.92. The second kappa shape index (κ2) is 5.65. The van der Waals surface area contributed by atoms with E-state index in [0.717, 1.165) is 19.4 Å². The van der Waals surface area contributed by atoms with Crippen LogP contribution in [0.1, 0.15) is 51.4 Å². The molecule has 0 bridgehead atoms. The molecule has 4 atom stereocenters. The number of nitrogens with two attached hydrogens (primary N) is 3. The average Bonchev–Trinajstić information content (AvgIpc) is 2.34. The Morgan fingerprint density at radius 1 is 1.06 bits per heavy atom. The van der Waals surface area contributed by atoms with Crippen molar-refractivity contribution in [1.29, 1.82) is 0 Å². The average molecular weight is 240 g/mol. The third-order valence-corrected chi connectivity index (χ3v) is 4.68. The summed E-state index contributed by atoms with van der Waals surface area (Å²) in [4.78, 5) is 0. The lowest BCUT2D eigenvalue weighted by Crippen LogP contribution is -2.69. The number of rotatable bonds is 3. The normalized spacial score (nSPS) is 43.6. The van der Waals surface area contributed by atoms with Crippen LogP contribution < -0.4 is 22.5 Å². The SMILES string of the molecule is NCC1CCCCC1NC1(N)CCCCC1N. The Morgan fingerprint density at radius 3 is 2.47 bits per heavy atom. The van der Waals surface area contributed by atoms with Gasteiger partial charge in [-0.3, -0.25) is 5.32 Å². The van der Waals surface area contributed by atoms with Gasteiger partial charge in [0.1, 0.15) is 0 Å². The lowest BCUT2D eigenvalue weighted by Gasteiger charge is -2.45. The van der Waals surface area contributed by atoms with Gasteiger partial charge in [-0.2, -0.15) is 0 Å². The standard InChI is InChI=1S/C13H28N4/c14-9-10-5-1-2-6-11(10)17-13(16)8-4-3-7-12(13)15/h10-12,17H,1-9,14-16H2. The van der Waals surface area contributed by atoms with Crippen LogP contribution in [0.3, 0.4) is 0 Å². The third kappa shape index (κ3) is 2.99. The van der Waals surface area contributed by atoms with Gasteiger partial charge in [-0.25, -0.2) is 0 Å². The van der Waals surface area contributed by atoms with Gasteiger partial charge in [0, 0.05) is 12.1 Å². The Labute approximate surface area is 105 Å². The number of hydrogen-bond acceptors (Lipinski definition) is 4. The number of hydrogen-bond donors (Lipinski definition) is 4. The van der Waals surface area contributed by atoms with E-state index in [2.05, 4.69) is 5.32 Å². The van der Waals surface area contributed by atoms with Gasteiger partial charge in [-0.1, -0.05) is 25.7 Å². The lowest BCUT2D eigenvalue weighted by molar-refractivity contribution is 0.140. The minimum absolute atomic E-state index is 0.0941. The highest BCUT2D eigenvalue weighted by Crippen LogP contribution is 2.29. The highest BCUT2D eigenvalue weighted by Gasteiger charge is 2.38. The van der Waals surface area contributed by atoms with E-state index >= 15 is 0 Å². The van der Waals surface area contributed by atoms with Gasteiger partial charge in [0.05, 0.1) is 5.66 Å². The largest absolute Gasteiger partial charge is 0.330 e. The molecule has 2 fully saturated rings. The maximum absolute atomic E-state index is 6.47. The zero-order valence-electron chi connectivity index (χ0n) is 10.8. The van der Waals surface area contributed by atoms with E-state index in [0.29, 0.717) is 12.0 Å². The fourth-order valence-corrected chi connectivity index (χ4v) is 3.43. The molecular formula is C13H28N4. The third-order valence-electron chi connectivity index (χ3n) is 4.68.